The van der Waals surface area contributed by atoms with Crippen LogP contribution < -0.4 is 5.32 Å². The van der Waals surface area contributed by atoms with Crippen molar-refractivity contribution < 1.29 is 10.6 Å². The van der Waals surface area contributed by atoms with Crippen molar-refractivity contribution in [1.29, 1.82) is 0 Å². The standard InChI is InChI=1S/C14H23N3O2.C2H6.H2/c1-9(14(2,3)4)12(18)15-8-7-11-16-17-13(19-11)10-5-6-10;1-2;/h9-10H,5-8H2,1-4H3,(H,15,18);1-2H3;1H. The molecule has 2 rings (SSSR count). The highest BCUT2D eigenvalue weighted by Gasteiger charge is 2.29. The van der Waals surface area contributed by atoms with E-state index in [2.05, 4.69) is 36.3 Å². The average Bonchev–Trinajstić information content (AvgIpc) is 3.19. The first-order chi connectivity index (χ1) is 9.88. The van der Waals surface area contributed by atoms with E-state index in [1.165, 1.54) is 0 Å². The second kappa shape index (κ2) is 7.57. The summed E-state index contributed by atoms with van der Waals surface area (Å²) >= 11 is 0. The lowest BCUT2D eigenvalue weighted by Crippen LogP contribution is -2.37. The minimum atomic E-state index is -0.0201. The van der Waals surface area contributed by atoms with Crippen LogP contribution in [-0.2, 0) is 11.2 Å². The maximum Gasteiger partial charge on any atom is 0.223 e. The molecule has 1 aromatic rings. The highest BCUT2D eigenvalue weighted by atomic mass is 16.4. The molecule has 0 aliphatic heterocycles. The summed E-state index contributed by atoms with van der Waals surface area (Å²) in [5, 5.41) is 10.9. The van der Waals surface area contributed by atoms with Gasteiger partial charge in [0.2, 0.25) is 17.7 Å². The second-order valence-corrected chi connectivity index (χ2v) is 6.44. The van der Waals surface area contributed by atoms with Gasteiger partial charge in [0.15, 0.2) is 0 Å². The van der Waals surface area contributed by atoms with E-state index >= 15 is 0 Å². The summed E-state index contributed by atoms with van der Waals surface area (Å²) in [4.78, 5) is 11.9. The highest BCUT2D eigenvalue weighted by molar-refractivity contribution is 5.78. The molecular formula is C16H31N3O2. The molecule has 0 bridgehead atoms. The van der Waals surface area contributed by atoms with Crippen molar-refractivity contribution in [3.63, 3.8) is 0 Å². The molecule has 0 aromatic carbocycles. The van der Waals surface area contributed by atoms with E-state index in [-0.39, 0.29) is 18.7 Å². The first kappa shape index (κ1) is 17.7. The quantitative estimate of drug-likeness (QED) is 0.902. The minimum Gasteiger partial charge on any atom is -0.425 e. The van der Waals surface area contributed by atoms with Crippen LogP contribution in [0.25, 0.3) is 0 Å². The molecule has 1 saturated carbocycles. The molecule has 5 nitrogen and oxygen atoms in total. The van der Waals surface area contributed by atoms with Crippen LogP contribution in [0.15, 0.2) is 4.42 Å². The summed E-state index contributed by atoms with van der Waals surface area (Å²) in [5.41, 5.74) is -0.0201. The van der Waals surface area contributed by atoms with Crippen LogP contribution in [0.3, 0.4) is 0 Å². The zero-order chi connectivity index (χ0) is 16.0. The van der Waals surface area contributed by atoms with Crippen molar-refractivity contribution in [2.75, 3.05) is 6.54 Å². The van der Waals surface area contributed by atoms with Gasteiger partial charge in [0.25, 0.3) is 0 Å². The summed E-state index contributed by atoms with van der Waals surface area (Å²) in [6, 6.07) is 0. The molecule has 1 atom stereocenters. The lowest BCUT2D eigenvalue weighted by Gasteiger charge is -2.25. The van der Waals surface area contributed by atoms with Crippen LogP contribution in [0.1, 0.15) is 73.5 Å². The normalized spacial score (nSPS) is 15.9. The van der Waals surface area contributed by atoms with Gasteiger partial charge in [0, 0.05) is 26.2 Å². The van der Waals surface area contributed by atoms with Crippen LogP contribution in [0, 0.1) is 11.3 Å². The Hall–Kier alpha value is -1.39. The number of carbonyl (C=O) groups excluding carboxylic acids is 1. The molecular weight excluding hydrogens is 266 g/mol. The van der Waals surface area contributed by atoms with Crippen LogP contribution in [0.5, 0.6) is 0 Å². The van der Waals surface area contributed by atoms with E-state index in [4.69, 9.17) is 4.42 Å². The Labute approximate surface area is 129 Å². The van der Waals surface area contributed by atoms with Crippen LogP contribution in [0.2, 0.25) is 0 Å². The maximum atomic E-state index is 11.9. The van der Waals surface area contributed by atoms with Crippen molar-refractivity contribution in [2.45, 2.75) is 66.7 Å². The van der Waals surface area contributed by atoms with Gasteiger partial charge in [-0.25, -0.2) is 0 Å². The minimum absolute atomic E-state index is 0. The Bertz CT molecular complexity index is 450. The largest absolute Gasteiger partial charge is 0.425 e. The number of nitrogens with one attached hydrogen (secondary N) is 1. The molecule has 1 N–H and O–H groups in total. The molecule has 0 saturated heterocycles. The molecule has 21 heavy (non-hydrogen) atoms. The molecule has 1 amide bonds. The Kier molecular flexibility index (Phi) is 6.37. The summed E-state index contributed by atoms with van der Waals surface area (Å²) < 4.78 is 5.54. The molecule has 1 unspecified atom stereocenters. The average molecular weight is 297 g/mol. The number of hydrogen-bond donors (Lipinski definition) is 1. The molecule has 1 aliphatic carbocycles. The summed E-state index contributed by atoms with van der Waals surface area (Å²) in [7, 11) is 0. The fourth-order valence-electron chi connectivity index (χ4n) is 1.70. The monoisotopic (exact) mass is 297 g/mol. The summed E-state index contributed by atoms with van der Waals surface area (Å²) in [6.45, 7) is 12.7. The smallest absolute Gasteiger partial charge is 0.223 e. The van der Waals surface area contributed by atoms with E-state index in [9.17, 15) is 4.79 Å². The third-order valence-electron chi connectivity index (χ3n) is 3.74. The molecule has 1 fully saturated rings. The topological polar surface area (TPSA) is 68.0 Å². The molecule has 1 aromatic heterocycles. The Morgan fingerprint density at radius 1 is 1.38 bits per heavy atom. The highest BCUT2D eigenvalue weighted by Crippen LogP contribution is 2.38. The van der Waals surface area contributed by atoms with Gasteiger partial charge in [0.1, 0.15) is 0 Å². The van der Waals surface area contributed by atoms with E-state index in [1.807, 2.05) is 20.8 Å². The lowest BCUT2D eigenvalue weighted by atomic mass is 9.81. The van der Waals surface area contributed by atoms with Gasteiger partial charge in [-0.3, -0.25) is 4.79 Å². The molecule has 5 heteroatoms. The number of nitrogens with zero attached hydrogens (tertiary/aromatic N) is 2. The van der Waals surface area contributed by atoms with E-state index in [0.717, 1.165) is 18.7 Å². The van der Waals surface area contributed by atoms with Gasteiger partial charge >= 0.3 is 0 Å². The second-order valence-electron chi connectivity index (χ2n) is 6.44. The van der Waals surface area contributed by atoms with E-state index < -0.39 is 0 Å². The lowest BCUT2D eigenvalue weighted by molar-refractivity contribution is -0.127. The molecule has 122 valence electrons. The van der Waals surface area contributed by atoms with Gasteiger partial charge in [-0.2, -0.15) is 0 Å². The van der Waals surface area contributed by atoms with Gasteiger partial charge in [-0.05, 0) is 18.3 Å². The van der Waals surface area contributed by atoms with E-state index in [1.54, 1.807) is 0 Å². The number of amides is 1. The van der Waals surface area contributed by atoms with Gasteiger partial charge in [-0.15, -0.1) is 10.2 Å². The molecule has 1 heterocycles. The number of hydrogen-bond acceptors (Lipinski definition) is 4. The Morgan fingerprint density at radius 2 is 2.00 bits per heavy atom. The van der Waals surface area contributed by atoms with Gasteiger partial charge < -0.3 is 9.73 Å². The van der Waals surface area contributed by atoms with Gasteiger partial charge in [-0.1, -0.05) is 41.5 Å². The number of carbonyl (C=O) groups is 1. The third-order valence-corrected chi connectivity index (χ3v) is 3.74. The van der Waals surface area contributed by atoms with Crippen molar-refractivity contribution >= 4 is 5.91 Å². The maximum absolute atomic E-state index is 11.9. The SMILES string of the molecule is CC.CC(C(=O)NCCc1nnc(C2CC2)o1)C(C)(C)C.[HH]. The predicted octanol–water partition coefficient (Wildman–Crippen LogP) is 3.56. The summed E-state index contributed by atoms with van der Waals surface area (Å²) in [5.74, 6) is 1.92. The van der Waals surface area contributed by atoms with Crippen LogP contribution >= 0.6 is 0 Å². The zero-order valence-corrected chi connectivity index (χ0v) is 14.2. The molecule has 1 aliphatic rings. The first-order valence-electron chi connectivity index (χ1n) is 7.98. The number of rotatable bonds is 5. The summed E-state index contributed by atoms with van der Waals surface area (Å²) in [6.07, 6.45) is 2.91. The zero-order valence-electron chi connectivity index (χ0n) is 14.2. The Morgan fingerprint density at radius 3 is 2.52 bits per heavy atom. The first-order valence-corrected chi connectivity index (χ1v) is 7.98. The van der Waals surface area contributed by atoms with Crippen molar-refractivity contribution in [2.24, 2.45) is 11.3 Å². The number of aromatic nitrogens is 2. The molecule has 0 radical (unpaired) electrons. The van der Waals surface area contributed by atoms with Crippen LogP contribution in [-0.4, -0.2) is 22.6 Å². The third kappa shape index (κ3) is 5.48. The van der Waals surface area contributed by atoms with Crippen LogP contribution in [0.4, 0.5) is 0 Å². The van der Waals surface area contributed by atoms with Crippen molar-refractivity contribution in [1.82, 2.24) is 15.5 Å². The fraction of sp³-hybridized carbons (Fsp3) is 0.812. The molecule has 0 spiro atoms. The predicted molar refractivity (Wildman–Crippen MR) is 85.1 cm³/mol. The van der Waals surface area contributed by atoms with Gasteiger partial charge in [0.05, 0.1) is 0 Å². The van der Waals surface area contributed by atoms with E-state index in [0.29, 0.717) is 24.8 Å². The van der Waals surface area contributed by atoms with Crippen molar-refractivity contribution in [3.05, 3.63) is 11.8 Å². The fourth-order valence-corrected chi connectivity index (χ4v) is 1.70. The van der Waals surface area contributed by atoms with Crippen molar-refractivity contribution in [3.8, 4) is 0 Å². The Balaban J connectivity index is 0.00000141.